The van der Waals surface area contributed by atoms with E-state index in [4.69, 9.17) is 4.74 Å². The molecule has 1 aromatic carbocycles. The number of carbonyl (C=O) groups is 1. The molecule has 2 heterocycles. The van der Waals surface area contributed by atoms with Gasteiger partial charge >= 0.3 is 0 Å². The second-order valence-electron chi connectivity index (χ2n) is 4.59. The zero-order valence-corrected chi connectivity index (χ0v) is 10.5. The summed E-state index contributed by atoms with van der Waals surface area (Å²) in [6, 6.07) is 8.08. The number of fused-ring (bicyclic) bond motifs is 1. The number of hydrogen-bond acceptors (Lipinski definition) is 3. The van der Waals surface area contributed by atoms with Gasteiger partial charge in [0.1, 0.15) is 0 Å². The third kappa shape index (κ3) is 1.90. The Morgan fingerprint density at radius 2 is 2.24 bits per heavy atom. The van der Waals surface area contributed by atoms with Crippen LogP contribution in [0.15, 0.2) is 29.6 Å². The zero-order valence-electron chi connectivity index (χ0n) is 9.68. The van der Waals surface area contributed by atoms with Gasteiger partial charge in [0, 0.05) is 26.9 Å². The monoisotopic (exact) mass is 246 g/mol. The van der Waals surface area contributed by atoms with Gasteiger partial charge in [0.05, 0.1) is 12.7 Å². The third-order valence-corrected chi connectivity index (χ3v) is 4.28. The molecule has 0 radical (unpaired) electrons. The Balaban J connectivity index is 1.96. The minimum Gasteiger partial charge on any atom is -0.378 e. The molecule has 1 aliphatic heterocycles. The van der Waals surface area contributed by atoms with Crippen LogP contribution in [0.4, 0.5) is 0 Å². The summed E-state index contributed by atoms with van der Waals surface area (Å²) in [5.74, 6) is 0.287. The van der Waals surface area contributed by atoms with Crippen LogP contribution in [0.3, 0.4) is 0 Å². The molecule has 1 aromatic heterocycles. The van der Waals surface area contributed by atoms with Gasteiger partial charge < -0.3 is 4.74 Å². The highest BCUT2D eigenvalue weighted by Gasteiger charge is 2.30. The molecule has 1 aliphatic rings. The molecule has 2 unspecified atom stereocenters. The maximum absolute atomic E-state index is 12.4. The van der Waals surface area contributed by atoms with Crippen LogP contribution in [0, 0.1) is 5.92 Å². The summed E-state index contributed by atoms with van der Waals surface area (Å²) in [6.07, 6.45) is 1.07. The first kappa shape index (κ1) is 10.9. The summed E-state index contributed by atoms with van der Waals surface area (Å²) < 4.78 is 6.66. The zero-order chi connectivity index (χ0) is 11.8. The van der Waals surface area contributed by atoms with Gasteiger partial charge in [-0.05, 0) is 19.4 Å². The van der Waals surface area contributed by atoms with E-state index in [1.54, 1.807) is 11.3 Å². The quantitative estimate of drug-likeness (QED) is 0.758. The second kappa shape index (κ2) is 4.24. The van der Waals surface area contributed by atoms with E-state index < -0.39 is 0 Å². The van der Waals surface area contributed by atoms with Crippen molar-refractivity contribution in [1.82, 2.24) is 0 Å². The fraction of sp³-hybridized carbons (Fsp3) is 0.357. The maximum Gasteiger partial charge on any atom is 0.169 e. The molecule has 0 saturated carbocycles. The van der Waals surface area contributed by atoms with Crippen molar-refractivity contribution in [2.75, 3.05) is 6.61 Å². The van der Waals surface area contributed by atoms with Crippen molar-refractivity contribution < 1.29 is 9.53 Å². The molecule has 1 fully saturated rings. The van der Waals surface area contributed by atoms with Gasteiger partial charge in [0.25, 0.3) is 0 Å². The van der Waals surface area contributed by atoms with Crippen LogP contribution in [0.5, 0.6) is 0 Å². The van der Waals surface area contributed by atoms with Crippen LogP contribution in [-0.2, 0) is 4.74 Å². The van der Waals surface area contributed by atoms with Crippen molar-refractivity contribution in [2.24, 2.45) is 5.92 Å². The smallest absolute Gasteiger partial charge is 0.169 e. The molecule has 0 aliphatic carbocycles. The van der Waals surface area contributed by atoms with Crippen LogP contribution in [-0.4, -0.2) is 18.5 Å². The van der Waals surface area contributed by atoms with Crippen molar-refractivity contribution in [1.29, 1.82) is 0 Å². The van der Waals surface area contributed by atoms with Gasteiger partial charge in [-0.2, -0.15) is 0 Å². The predicted octanol–water partition coefficient (Wildman–Crippen LogP) is 3.51. The van der Waals surface area contributed by atoms with Gasteiger partial charge in [-0.15, -0.1) is 11.3 Å². The highest BCUT2D eigenvalue weighted by atomic mass is 32.1. The fourth-order valence-corrected chi connectivity index (χ4v) is 3.34. The first-order valence-electron chi connectivity index (χ1n) is 5.88. The first-order valence-corrected chi connectivity index (χ1v) is 6.75. The summed E-state index contributed by atoms with van der Waals surface area (Å²) in [5, 5.41) is 3.07. The Labute approximate surface area is 104 Å². The largest absolute Gasteiger partial charge is 0.378 e. The predicted molar refractivity (Wildman–Crippen MR) is 69.7 cm³/mol. The van der Waals surface area contributed by atoms with Gasteiger partial charge in [-0.25, -0.2) is 0 Å². The summed E-state index contributed by atoms with van der Waals surface area (Å²) in [5.41, 5.74) is 0.869. The number of Topliss-reactive ketones (excluding diaryl/α,β-unsaturated/α-hetero) is 1. The molecule has 88 valence electrons. The van der Waals surface area contributed by atoms with E-state index >= 15 is 0 Å². The number of benzene rings is 1. The molecular formula is C14H14O2S. The number of thiophene rings is 1. The number of ether oxygens (including phenoxy) is 1. The average Bonchev–Trinajstić information content (AvgIpc) is 2.94. The van der Waals surface area contributed by atoms with Gasteiger partial charge in [-0.1, -0.05) is 18.2 Å². The van der Waals surface area contributed by atoms with Crippen molar-refractivity contribution in [3.05, 3.63) is 35.2 Å². The van der Waals surface area contributed by atoms with E-state index in [0.29, 0.717) is 6.61 Å². The van der Waals surface area contributed by atoms with Crippen LogP contribution < -0.4 is 0 Å². The van der Waals surface area contributed by atoms with E-state index in [1.807, 2.05) is 30.5 Å². The lowest BCUT2D eigenvalue weighted by Crippen LogP contribution is -2.14. The number of rotatable bonds is 2. The molecule has 1 saturated heterocycles. The lowest BCUT2D eigenvalue weighted by Gasteiger charge is -2.05. The molecule has 3 rings (SSSR count). The molecule has 2 aromatic rings. The minimum atomic E-state index is 0.0445. The molecule has 0 amide bonds. The van der Waals surface area contributed by atoms with Gasteiger partial charge in [0.2, 0.25) is 0 Å². The Morgan fingerprint density at radius 1 is 1.41 bits per heavy atom. The SMILES string of the molecule is CC1CC(C(=O)c2csc3ccccc23)CO1. The number of carbonyl (C=O) groups excluding carboxylic acids is 1. The van der Waals surface area contributed by atoms with Crippen LogP contribution in [0.1, 0.15) is 23.7 Å². The van der Waals surface area contributed by atoms with E-state index in [-0.39, 0.29) is 17.8 Å². The highest BCUT2D eigenvalue weighted by molar-refractivity contribution is 7.17. The van der Waals surface area contributed by atoms with Gasteiger partial charge in [0.15, 0.2) is 5.78 Å². The lowest BCUT2D eigenvalue weighted by molar-refractivity contribution is 0.0879. The van der Waals surface area contributed by atoms with Crippen molar-refractivity contribution >= 4 is 27.2 Å². The lowest BCUT2D eigenvalue weighted by atomic mass is 9.95. The highest BCUT2D eigenvalue weighted by Crippen LogP contribution is 2.30. The average molecular weight is 246 g/mol. The van der Waals surface area contributed by atoms with E-state index in [1.165, 1.54) is 4.70 Å². The van der Waals surface area contributed by atoms with E-state index in [0.717, 1.165) is 17.4 Å². The van der Waals surface area contributed by atoms with Crippen LogP contribution in [0.2, 0.25) is 0 Å². The molecule has 0 spiro atoms. The first-order chi connectivity index (χ1) is 8.25. The molecule has 3 heteroatoms. The summed E-state index contributed by atoms with van der Waals surface area (Å²) >= 11 is 1.64. The maximum atomic E-state index is 12.4. The molecular weight excluding hydrogens is 232 g/mol. The Kier molecular flexibility index (Phi) is 2.73. The van der Waals surface area contributed by atoms with Gasteiger partial charge in [-0.3, -0.25) is 4.79 Å². The minimum absolute atomic E-state index is 0.0445. The topological polar surface area (TPSA) is 26.3 Å². The van der Waals surface area contributed by atoms with Crippen LogP contribution >= 0.6 is 11.3 Å². The molecule has 2 nitrogen and oxygen atoms in total. The second-order valence-corrected chi connectivity index (χ2v) is 5.50. The van der Waals surface area contributed by atoms with E-state index in [2.05, 4.69) is 6.07 Å². The van der Waals surface area contributed by atoms with Crippen molar-refractivity contribution in [2.45, 2.75) is 19.4 Å². The van der Waals surface area contributed by atoms with Crippen molar-refractivity contribution in [3.8, 4) is 0 Å². The third-order valence-electron chi connectivity index (χ3n) is 3.32. The summed E-state index contributed by atoms with van der Waals surface area (Å²) in [7, 11) is 0. The standard InChI is InChI=1S/C14H14O2S/c1-9-6-10(7-16-9)14(15)12-8-17-13-5-3-2-4-11(12)13/h2-5,8-10H,6-7H2,1H3. The molecule has 0 bridgehead atoms. The molecule has 17 heavy (non-hydrogen) atoms. The molecule has 0 N–H and O–H groups in total. The summed E-state index contributed by atoms with van der Waals surface area (Å²) in [6.45, 7) is 2.60. The molecule has 2 atom stereocenters. The summed E-state index contributed by atoms with van der Waals surface area (Å²) in [4.78, 5) is 12.4. The Morgan fingerprint density at radius 3 is 3.00 bits per heavy atom. The number of hydrogen-bond donors (Lipinski definition) is 0. The van der Waals surface area contributed by atoms with E-state index in [9.17, 15) is 4.79 Å². The normalized spacial score (nSPS) is 24.3. The Hall–Kier alpha value is -1.19. The van der Waals surface area contributed by atoms with Crippen LogP contribution in [0.25, 0.3) is 10.1 Å². The van der Waals surface area contributed by atoms with Crippen molar-refractivity contribution in [3.63, 3.8) is 0 Å². The Bertz CT molecular complexity index is 558. The fourth-order valence-electron chi connectivity index (χ4n) is 2.39. The number of ketones is 1.